The van der Waals surface area contributed by atoms with Crippen molar-refractivity contribution < 1.29 is 0 Å². The molecular weight excluding hydrogens is 240 g/mol. The molecule has 0 saturated heterocycles. The Labute approximate surface area is 93.3 Å². The van der Waals surface area contributed by atoms with Crippen LogP contribution in [0, 0.1) is 11.3 Å². The number of anilines is 1. The Morgan fingerprint density at radius 3 is 2.71 bits per heavy atom. The standard InChI is InChI=1S/C11H13BrN2/c1-3-6-14(2)11-5-4-9(8-13)7-10(11)12/h4-5,7H,3,6H2,1-2H3. The Morgan fingerprint density at radius 1 is 1.50 bits per heavy atom. The molecule has 0 aliphatic rings. The number of nitrogens with zero attached hydrogens (tertiary/aromatic N) is 2. The molecule has 0 heterocycles. The average molecular weight is 253 g/mol. The van der Waals surface area contributed by atoms with Crippen LogP contribution in [0.5, 0.6) is 0 Å². The predicted molar refractivity (Wildman–Crippen MR) is 62.4 cm³/mol. The first-order valence-electron chi connectivity index (χ1n) is 4.59. The fraction of sp³-hybridized carbons (Fsp3) is 0.364. The van der Waals surface area contributed by atoms with Crippen LogP contribution in [-0.2, 0) is 0 Å². The molecule has 0 bridgehead atoms. The third-order valence-electron chi connectivity index (χ3n) is 2.05. The largest absolute Gasteiger partial charge is 0.374 e. The van der Waals surface area contributed by atoms with Gasteiger partial charge in [0.05, 0.1) is 17.3 Å². The maximum atomic E-state index is 8.71. The highest BCUT2D eigenvalue weighted by atomic mass is 79.9. The Bertz CT molecular complexity index is 355. The van der Waals surface area contributed by atoms with E-state index in [0.29, 0.717) is 5.56 Å². The molecule has 0 fully saturated rings. The van der Waals surface area contributed by atoms with Crippen molar-refractivity contribution in [3.05, 3.63) is 28.2 Å². The lowest BCUT2D eigenvalue weighted by Crippen LogP contribution is -2.18. The number of nitriles is 1. The van der Waals surface area contributed by atoms with Crippen LogP contribution in [0.4, 0.5) is 5.69 Å². The monoisotopic (exact) mass is 252 g/mol. The summed E-state index contributed by atoms with van der Waals surface area (Å²) in [6, 6.07) is 7.78. The van der Waals surface area contributed by atoms with E-state index in [-0.39, 0.29) is 0 Å². The third kappa shape index (κ3) is 2.49. The minimum atomic E-state index is 0.686. The molecule has 14 heavy (non-hydrogen) atoms. The zero-order valence-corrected chi connectivity index (χ0v) is 10.0. The highest BCUT2D eigenvalue weighted by Crippen LogP contribution is 2.26. The zero-order valence-electron chi connectivity index (χ0n) is 8.42. The van der Waals surface area contributed by atoms with Crippen molar-refractivity contribution >= 4 is 21.6 Å². The lowest BCUT2D eigenvalue weighted by atomic mass is 10.2. The van der Waals surface area contributed by atoms with Crippen molar-refractivity contribution in [1.82, 2.24) is 0 Å². The number of rotatable bonds is 3. The van der Waals surface area contributed by atoms with Gasteiger partial charge in [-0.15, -0.1) is 0 Å². The Balaban J connectivity index is 2.95. The van der Waals surface area contributed by atoms with Crippen LogP contribution in [0.1, 0.15) is 18.9 Å². The van der Waals surface area contributed by atoms with Crippen LogP contribution in [0.15, 0.2) is 22.7 Å². The maximum Gasteiger partial charge on any atom is 0.0992 e. The molecule has 1 aromatic rings. The summed E-state index contributed by atoms with van der Waals surface area (Å²) in [6.07, 6.45) is 1.11. The van der Waals surface area contributed by atoms with Crippen LogP contribution in [0.3, 0.4) is 0 Å². The Kier molecular flexibility index (Phi) is 3.97. The smallest absolute Gasteiger partial charge is 0.0992 e. The Morgan fingerprint density at radius 2 is 2.21 bits per heavy atom. The van der Waals surface area contributed by atoms with Crippen molar-refractivity contribution in [2.24, 2.45) is 0 Å². The van der Waals surface area contributed by atoms with E-state index >= 15 is 0 Å². The molecule has 0 N–H and O–H groups in total. The summed E-state index contributed by atoms with van der Waals surface area (Å²) in [5, 5.41) is 8.71. The van der Waals surface area contributed by atoms with Gasteiger partial charge in [-0.05, 0) is 40.5 Å². The molecular formula is C11H13BrN2. The molecule has 0 amide bonds. The van der Waals surface area contributed by atoms with Crippen molar-refractivity contribution in [2.75, 3.05) is 18.5 Å². The summed E-state index contributed by atoms with van der Waals surface area (Å²) in [5.41, 5.74) is 1.82. The zero-order chi connectivity index (χ0) is 10.6. The first-order chi connectivity index (χ1) is 6.69. The molecule has 0 radical (unpaired) electrons. The van der Waals surface area contributed by atoms with Crippen molar-refractivity contribution in [3.8, 4) is 6.07 Å². The van der Waals surface area contributed by atoms with Crippen LogP contribution in [0.2, 0.25) is 0 Å². The molecule has 0 aromatic heterocycles. The average Bonchev–Trinajstić information content (AvgIpc) is 2.17. The minimum absolute atomic E-state index is 0.686. The van der Waals surface area contributed by atoms with Gasteiger partial charge in [-0.1, -0.05) is 6.92 Å². The number of halogens is 1. The van der Waals surface area contributed by atoms with Gasteiger partial charge in [0.15, 0.2) is 0 Å². The fourth-order valence-electron chi connectivity index (χ4n) is 1.34. The minimum Gasteiger partial charge on any atom is -0.374 e. The van der Waals surface area contributed by atoms with Crippen LogP contribution in [0.25, 0.3) is 0 Å². The highest BCUT2D eigenvalue weighted by molar-refractivity contribution is 9.10. The van der Waals surface area contributed by atoms with Crippen molar-refractivity contribution in [3.63, 3.8) is 0 Å². The molecule has 0 aliphatic heterocycles. The van der Waals surface area contributed by atoms with Crippen molar-refractivity contribution in [1.29, 1.82) is 5.26 Å². The van der Waals surface area contributed by atoms with E-state index in [2.05, 4.69) is 40.9 Å². The van der Waals surface area contributed by atoms with E-state index in [9.17, 15) is 0 Å². The second-order valence-corrected chi connectivity index (χ2v) is 4.05. The van der Waals surface area contributed by atoms with Crippen molar-refractivity contribution in [2.45, 2.75) is 13.3 Å². The van der Waals surface area contributed by atoms with Gasteiger partial charge in [0, 0.05) is 18.1 Å². The van der Waals surface area contributed by atoms with E-state index in [1.54, 1.807) is 0 Å². The summed E-state index contributed by atoms with van der Waals surface area (Å²) in [5.74, 6) is 0. The molecule has 1 aromatic carbocycles. The second kappa shape index (κ2) is 5.02. The molecule has 0 aliphatic carbocycles. The molecule has 3 heteroatoms. The quantitative estimate of drug-likeness (QED) is 0.827. The second-order valence-electron chi connectivity index (χ2n) is 3.20. The Hall–Kier alpha value is -1.01. The summed E-state index contributed by atoms with van der Waals surface area (Å²) < 4.78 is 0.979. The van der Waals surface area contributed by atoms with Gasteiger partial charge in [0.1, 0.15) is 0 Å². The highest BCUT2D eigenvalue weighted by Gasteiger charge is 2.05. The van der Waals surface area contributed by atoms with Gasteiger partial charge in [-0.25, -0.2) is 0 Å². The predicted octanol–water partition coefficient (Wildman–Crippen LogP) is 3.17. The molecule has 0 saturated carbocycles. The molecule has 1 rings (SSSR count). The van der Waals surface area contributed by atoms with E-state index in [1.807, 2.05) is 18.2 Å². The molecule has 0 unspecified atom stereocenters. The first-order valence-corrected chi connectivity index (χ1v) is 5.39. The summed E-state index contributed by atoms with van der Waals surface area (Å²) >= 11 is 3.47. The number of hydrogen-bond donors (Lipinski definition) is 0. The first kappa shape index (κ1) is 11.1. The van der Waals surface area contributed by atoms with E-state index < -0.39 is 0 Å². The normalized spacial score (nSPS) is 9.57. The molecule has 74 valence electrons. The van der Waals surface area contributed by atoms with Gasteiger partial charge < -0.3 is 4.90 Å². The molecule has 2 nitrogen and oxygen atoms in total. The van der Waals surface area contributed by atoms with E-state index in [4.69, 9.17) is 5.26 Å². The fourth-order valence-corrected chi connectivity index (χ4v) is 2.02. The van der Waals surface area contributed by atoms with Gasteiger partial charge in [0.2, 0.25) is 0 Å². The molecule has 0 atom stereocenters. The summed E-state index contributed by atoms with van der Waals surface area (Å²) in [7, 11) is 2.05. The van der Waals surface area contributed by atoms with Gasteiger partial charge in [-0.3, -0.25) is 0 Å². The topological polar surface area (TPSA) is 27.0 Å². The van der Waals surface area contributed by atoms with Gasteiger partial charge in [-0.2, -0.15) is 5.26 Å². The number of benzene rings is 1. The number of hydrogen-bond acceptors (Lipinski definition) is 2. The van der Waals surface area contributed by atoms with E-state index in [1.165, 1.54) is 0 Å². The van der Waals surface area contributed by atoms with Crippen LogP contribution in [-0.4, -0.2) is 13.6 Å². The SMILES string of the molecule is CCCN(C)c1ccc(C#N)cc1Br. The van der Waals surface area contributed by atoms with Gasteiger partial charge >= 0.3 is 0 Å². The third-order valence-corrected chi connectivity index (χ3v) is 2.68. The van der Waals surface area contributed by atoms with E-state index in [0.717, 1.165) is 23.1 Å². The molecule has 0 spiro atoms. The summed E-state index contributed by atoms with van der Waals surface area (Å²) in [4.78, 5) is 2.17. The lowest BCUT2D eigenvalue weighted by Gasteiger charge is -2.19. The summed E-state index contributed by atoms with van der Waals surface area (Å²) in [6.45, 7) is 3.17. The van der Waals surface area contributed by atoms with Gasteiger partial charge in [0.25, 0.3) is 0 Å². The lowest BCUT2D eigenvalue weighted by molar-refractivity contribution is 0.850. The van der Waals surface area contributed by atoms with Crippen LogP contribution < -0.4 is 4.90 Å². The maximum absolute atomic E-state index is 8.71. The van der Waals surface area contributed by atoms with Crippen LogP contribution >= 0.6 is 15.9 Å².